The van der Waals surface area contributed by atoms with Crippen molar-refractivity contribution in [2.45, 2.75) is 6.92 Å². The van der Waals surface area contributed by atoms with Gasteiger partial charge in [0.1, 0.15) is 5.69 Å². The highest BCUT2D eigenvalue weighted by atomic mass is 16.3. The number of nitrogens with one attached hydrogen (secondary N) is 1. The summed E-state index contributed by atoms with van der Waals surface area (Å²) in [4.78, 5) is 13.5. The standard InChI is InChI=1S/C12H16N2O2/c1-5-6-9(2)11(15)13-10-7-8-16-12(10)14(3)4/h5-8H,1H2,2-4H3,(H,13,15)/b9-6+. The number of carbonyl (C=O) groups excluding carboxylic acids is 1. The molecule has 0 aliphatic heterocycles. The Labute approximate surface area is 95.2 Å². The van der Waals surface area contributed by atoms with Crippen molar-refractivity contribution in [1.29, 1.82) is 0 Å². The fourth-order valence-corrected chi connectivity index (χ4v) is 1.22. The largest absolute Gasteiger partial charge is 0.447 e. The molecule has 86 valence electrons. The SMILES string of the molecule is C=C/C=C(\C)C(=O)Nc1ccoc1N(C)C. The number of rotatable bonds is 4. The summed E-state index contributed by atoms with van der Waals surface area (Å²) in [6.45, 7) is 5.27. The Morgan fingerprint density at radius 2 is 2.25 bits per heavy atom. The smallest absolute Gasteiger partial charge is 0.251 e. The minimum absolute atomic E-state index is 0.163. The Bertz CT molecular complexity index is 416. The van der Waals surface area contributed by atoms with Gasteiger partial charge in [-0.3, -0.25) is 4.79 Å². The van der Waals surface area contributed by atoms with Crippen LogP contribution in [0.3, 0.4) is 0 Å². The zero-order chi connectivity index (χ0) is 12.1. The molecule has 1 N–H and O–H groups in total. The van der Waals surface area contributed by atoms with E-state index < -0.39 is 0 Å². The Hall–Kier alpha value is -1.97. The molecule has 16 heavy (non-hydrogen) atoms. The number of anilines is 2. The van der Waals surface area contributed by atoms with Crippen LogP contribution in [0.4, 0.5) is 11.6 Å². The molecule has 0 saturated heterocycles. The summed E-state index contributed by atoms with van der Waals surface area (Å²) in [7, 11) is 3.70. The van der Waals surface area contributed by atoms with Crippen LogP contribution in [0.15, 0.2) is 41.1 Å². The Balaban J connectivity index is 2.81. The van der Waals surface area contributed by atoms with Gasteiger partial charge in [0, 0.05) is 25.7 Å². The highest BCUT2D eigenvalue weighted by molar-refractivity contribution is 6.04. The molecule has 0 bridgehead atoms. The van der Waals surface area contributed by atoms with Gasteiger partial charge in [0.2, 0.25) is 5.88 Å². The molecule has 0 unspecified atom stereocenters. The van der Waals surface area contributed by atoms with Crippen LogP contribution in [-0.4, -0.2) is 20.0 Å². The van der Waals surface area contributed by atoms with Gasteiger partial charge in [0.15, 0.2) is 0 Å². The van der Waals surface area contributed by atoms with E-state index in [4.69, 9.17) is 4.42 Å². The molecular weight excluding hydrogens is 204 g/mol. The first-order chi connectivity index (χ1) is 7.56. The Morgan fingerprint density at radius 3 is 2.81 bits per heavy atom. The van der Waals surface area contributed by atoms with Crippen molar-refractivity contribution in [1.82, 2.24) is 0 Å². The Morgan fingerprint density at radius 1 is 1.56 bits per heavy atom. The summed E-state index contributed by atoms with van der Waals surface area (Å²) in [5.41, 5.74) is 1.26. The highest BCUT2D eigenvalue weighted by Crippen LogP contribution is 2.25. The maximum atomic E-state index is 11.7. The molecule has 0 atom stereocenters. The maximum Gasteiger partial charge on any atom is 0.251 e. The van der Waals surface area contributed by atoms with E-state index in [1.807, 2.05) is 14.1 Å². The van der Waals surface area contributed by atoms with E-state index in [-0.39, 0.29) is 5.91 Å². The topological polar surface area (TPSA) is 45.5 Å². The van der Waals surface area contributed by atoms with Crippen molar-refractivity contribution in [3.8, 4) is 0 Å². The van der Waals surface area contributed by atoms with Gasteiger partial charge in [0.05, 0.1) is 6.26 Å². The first kappa shape index (κ1) is 12.1. The lowest BCUT2D eigenvalue weighted by Crippen LogP contribution is -2.15. The molecule has 4 nitrogen and oxygen atoms in total. The van der Waals surface area contributed by atoms with Crippen LogP contribution < -0.4 is 10.2 Å². The molecule has 1 rings (SSSR count). The average Bonchev–Trinajstić information content (AvgIpc) is 2.66. The normalized spacial score (nSPS) is 11.1. The number of nitrogens with zero attached hydrogens (tertiary/aromatic N) is 1. The maximum absolute atomic E-state index is 11.7. The third-order valence-corrected chi connectivity index (χ3v) is 2.03. The van der Waals surface area contributed by atoms with Crippen LogP contribution in [0.5, 0.6) is 0 Å². The minimum Gasteiger partial charge on any atom is -0.447 e. The van der Waals surface area contributed by atoms with E-state index in [1.54, 1.807) is 30.0 Å². The molecule has 0 aliphatic rings. The number of hydrogen-bond acceptors (Lipinski definition) is 3. The highest BCUT2D eigenvalue weighted by Gasteiger charge is 2.11. The van der Waals surface area contributed by atoms with Crippen molar-refractivity contribution in [3.63, 3.8) is 0 Å². The number of carbonyl (C=O) groups is 1. The first-order valence-corrected chi connectivity index (χ1v) is 4.91. The monoisotopic (exact) mass is 220 g/mol. The van der Waals surface area contributed by atoms with Crippen molar-refractivity contribution in [2.75, 3.05) is 24.3 Å². The fraction of sp³-hybridized carbons (Fsp3) is 0.250. The van der Waals surface area contributed by atoms with Crippen molar-refractivity contribution >= 4 is 17.5 Å². The molecule has 0 aromatic carbocycles. The van der Waals surface area contributed by atoms with Crippen LogP contribution in [-0.2, 0) is 4.79 Å². The molecular formula is C12H16N2O2. The molecule has 0 saturated carbocycles. The second-order valence-electron chi connectivity index (χ2n) is 3.57. The number of amides is 1. The predicted octanol–water partition coefficient (Wildman–Crippen LogP) is 2.42. The molecule has 1 heterocycles. The van der Waals surface area contributed by atoms with Gasteiger partial charge in [-0.25, -0.2) is 0 Å². The zero-order valence-electron chi connectivity index (χ0n) is 9.78. The molecule has 1 aromatic heterocycles. The lowest BCUT2D eigenvalue weighted by molar-refractivity contribution is -0.112. The molecule has 0 spiro atoms. The lowest BCUT2D eigenvalue weighted by Gasteiger charge is -2.11. The minimum atomic E-state index is -0.163. The van der Waals surface area contributed by atoms with Crippen LogP contribution >= 0.6 is 0 Å². The second-order valence-corrected chi connectivity index (χ2v) is 3.57. The quantitative estimate of drug-likeness (QED) is 0.626. The van der Waals surface area contributed by atoms with E-state index in [1.165, 1.54) is 6.26 Å². The van der Waals surface area contributed by atoms with E-state index in [0.717, 1.165) is 0 Å². The summed E-state index contributed by atoms with van der Waals surface area (Å²) >= 11 is 0. The molecule has 0 aliphatic carbocycles. The second kappa shape index (κ2) is 5.21. The summed E-state index contributed by atoms with van der Waals surface area (Å²) in [6.07, 6.45) is 4.78. The summed E-state index contributed by atoms with van der Waals surface area (Å²) in [6, 6.07) is 1.72. The average molecular weight is 220 g/mol. The van der Waals surface area contributed by atoms with Crippen LogP contribution in [0, 0.1) is 0 Å². The molecule has 1 amide bonds. The first-order valence-electron chi connectivity index (χ1n) is 4.91. The molecule has 4 heteroatoms. The van der Waals surface area contributed by atoms with E-state index in [0.29, 0.717) is 17.1 Å². The molecule has 0 fully saturated rings. The van der Waals surface area contributed by atoms with Gasteiger partial charge >= 0.3 is 0 Å². The zero-order valence-corrected chi connectivity index (χ0v) is 9.78. The summed E-state index contributed by atoms with van der Waals surface area (Å²) < 4.78 is 5.24. The molecule has 1 aromatic rings. The molecule has 0 radical (unpaired) electrons. The Kier molecular flexibility index (Phi) is 3.94. The third kappa shape index (κ3) is 2.76. The van der Waals surface area contributed by atoms with Gasteiger partial charge in [-0.1, -0.05) is 18.7 Å². The van der Waals surface area contributed by atoms with Gasteiger partial charge in [-0.05, 0) is 6.92 Å². The summed E-state index contributed by atoms with van der Waals surface area (Å²) in [5, 5.41) is 2.77. The fourth-order valence-electron chi connectivity index (χ4n) is 1.22. The lowest BCUT2D eigenvalue weighted by atomic mass is 10.2. The van der Waals surface area contributed by atoms with Crippen molar-refractivity contribution in [3.05, 3.63) is 36.6 Å². The van der Waals surface area contributed by atoms with Crippen LogP contribution in [0.1, 0.15) is 6.92 Å². The number of allylic oxidation sites excluding steroid dienone is 2. The van der Waals surface area contributed by atoms with Crippen LogP contribution in [0.25, 0.3) is 0 Å². The van der Waals surface area contributed by atoms with Gasteiger partial charge in [0.25, 0.3) is 5.91 Å². The van der Waals surface area contributed by atoms with Gasteiger partial charge in [-0.15, -0.1) is 0 Å². The van der Waals surface area contributed by atoms with Crippen LogP contribution in [0.2, 0.25) is 0 Å². The number of furan rings is 1. The summed E-state index contributed by atoms with van der Waals surface area (Å²) in [5.74, 6) is 0.462. The third-order valence-electron chi connectivity index (χ3n) is 2.03. The van der Waals surface area contributed by atoms with E-state index in [9.17, 15) is 4.79 Å². The van der Waals surface area contributed by atoms with Crippen molar-refractivity contribution in [2.24, 2.45) is 0 Å². The van der Waals surface area contributed by atoms with Crippen molar-refractivity contribution < 1.29 is 9.21 Å². The number of hydrogen-bond donors (Lipinski definition) is 1. The van der Waals surface area contributed by atoms with Gasteiger partial charge < -0.3 is 14.6 Å². The van der Waals surface area contributed by atoms with E-state index in [2.05, 4.69) is 11.9 Å². The van der Waals surface area contributed by atoms with Gasteiger partial charge in [-0.2, -0.15) is 0 Å². The van der Waals surface area contributed by atoms with E-state index >= 15 is 0 Å². The predicted molar refractivity (Wildman–Crippen MR) is 65.6 cm³/mol.